The van der Waals surface area contributed by atoms with Gasteiger partial charge in [0.15, 0.2) is 0 Å². The highest BCUT2D eigenvalue weighted by Crippen LogP contribution is 2.41. The number of carbonyl (C=O) groups is 1. The van der Waals surface area contributed by atoms with Crippen LogP contribution in [0.1, 0.15) is 72.8 Å². The van der Waals surface area contributed by atoms with Gasteiger partial charge in [-0.15, -0.1) is 22.9 Å². The van der Waals surface area contributed by atoms with E-state index in [0.717, 1.165) is 43.4 Å². The van der Waals surface area contributed by atoms with Crippen molar-refractivity contribution in [3.63, 3.8) is 0 Å². The van der Waals surface area contributed by atoms with Gasteiger partial charge in [0.05, 0.1) is 6.10 Å². The van der Waals surface area contributed by atoms with Crippen LogP contribution in [0.5, 0.6) is 0 Å². The standard InChI is InChI=1S/C21H31ClO3S/c1-2-3-4-5-6-7-10-17-16(18(22)14-19(17)23)11-8-9-15-12-13-20(26-15)21(24)25/h5-6,12-13,16-19,23H,2-4,7-11,14H2,1H3,(H,24,25)/b6-5+/t16?,17?,18?,19-/m1/s1. The van der Waals surface area contributed by atoms with Gasteiger partial charge in [0.2, 0.25) is 0 Å². The molecule has 2 N–H and O–H groups in total. The van der Waals surface area contributed by atoms with Crippen molar-refractivity contribution < 1.29 is 15.0 Å². The molecule has 0 spiro atoms. The molecule has 1 saturated carbocycles. The van der Waals surface area contributed by atoms with E-state index in [1.54, 1.807) is 6.07 Å². The number of halogens is 1. The maximum atomic E-state index is 11.0. The Morgan fingerprint density at radius 1 is 1.23 bits per heavy atom. The Morgan fingerprint density at radius 3 is 2.69 bits per heavy atom. The van der Waals surface area contributed by atoms with Crippen LogP contribution in [0.3, 0.4) is 0 Å². The predicted molar refractivity (Wildman–Crippen MR) is 109 cm³/mol. The molecular weight excluding hydrogens is 368 g/mol. The highest BCUT2D eigenvalue weighted by molar-refractivity contribution is 7.13. The van der Waals surface area contributed by atoms with Crippen molar-refractivity contribution in [1.82, 2.24) is 0 Å². The lowest BCUT2D eigenvalue weighted by molar-refractivity contribution is 0.0702. The number of alkyl halides is 1. The zero-order valence-corrected chi connectivity index (χ0v) is 17.1. The van der Waals surface area contributed by atoms with E-state index in [4.69, 9.17) is 16.7 Å². The second-order valence-electron chi connectivity index (χ2n) is 7.30. The minimum atomic E-state index is -0.854. The van der Waals surface area contributed by atoms with Gasteiger partial charge in [-0.1, -0.05) is 31.9 Å². The minimum Gasteiger partial charge on any atom is -0.477 e. The Morgan fingerprint density at radius 2 is 2.00 bits per heavy atom. The van der Waals surface area contributed by atoms with Crippen molar-refractivity contribution in [1.29, 1.82) is 0 Å². The summed E-state index contributed by atoms with van der Waals surface area (Å²) in [7, 11) is 0. The summed E-state index contributed by atoms with van der Waals surface area (Å²) >= 11 is 7.88. The fraction of sp³-hybridized carbons (Fsp3) is 0.667. The van der Waals surface area contributed by atoms with E-state index in [-0.39, 0.29) is 17.4 Å². The van der Waals surface area contributed by atoms with Crippen LogP contribution < -0.4 is 0 Å². The normalized spacial score (nSPS) is 26.0. The molecule has 5 heteroatoms. The first kappa shape index (κ1) is 21.5. The van der Waals surface area contributed by atoms with Crippen LogP contribution >= 0.6 is 22.9 Å². The number of hydrogen-bond donors (Lipinski definition) is 2. The van der Waals surface area contributed by atoms with Crippen LogP contribution in [0.15, 0.2) is 24.3 Å². The van der Waals surface area contributed by atoms with Crippen molar-refractivity contribution in [3.05, 3.63) is 34.0 Å². The van der Waals surface area contributed by atoms with Crippen LogP contribution in [0.25, 0.3) is 0 Å². The van der Waals surface area contributed by atoms with E-state index in [2.05, 4.69) is 19.1 Å². The predicted octanol–water partition coefficient (Wildman–Crippen LogP) is 5.90. The molecule has 4 atom stereocenters. The third-order valence-corrected chi connectivity index (χ3v) is 7.00. The topological polar surface area (TPSA) is 57.5 Å². The van der Waals surface area contributed by atoms with Gasteiger partial charge in [-0.25, -0.2) is 4.79 Å². The number of unbranched alkanes of at least 4 members (excludes halogenated alkanes) is 2. The van der Waals surface area contributed by atoms with Crippen molar-refractivity contribution in [3.8, 4) is 0 Å². The molecule has 0 aromatic carbocycles. The lowest BCUT2D eigenvalue weighted by atomic mass is 9.86. The molecule has 0 amide bonds. The number of thiophene rings is 1. The fourth-order valence-electron chi connectivity index (χ4n) is 3.92. The number of aryl methyl sites for hydroxylation is 1. The Kier molecular flexibility index (Phi) is 9.17. The molecule has 1 aromatic heterocycles. The van der Waals surface area contributed by atoms with Crippen molar-refractivity contribution >= 4 is 28.9 Å². The van der Waals surface area contributed by atoms with Gasteiger partial charge < -0.3 is 10.2 Å². The number of allylic oxidation sites excluding steroid dienone is 2. The number of aromatic carboxylic acids is 1. The average molecular weight is 399 g/mol. The maximum Gasteiger partial charge on any atom is 0.345 e. The molecule has 3 unspecified atom stereocenters. The summed E-state index contributed by atoms with van der Waals surface area (Å²) in [5.74, 6) is -0.214. The summed E-state index contributed by atoms with van der Waals surface area (Å²) < 4.78 is 0. The minimum absolute atomic E-state index is 0.0528. The Labute approximate surface area is 166 Å². The molecule has 1 aromatic rings. The monoisotopic (exact) mass is 398 g/mol. The Balaban J connectivity index is 1.78. The number of carboxylic acid groups (broad SMARTS) is 1. The lowest BCUT2D eigenvalue weighted by Gasteiger charge is -2.23. The zero-order chi connectivity index (χ0) is 18.9. The van der Waals surface area contributed by atoms with Gasteiger partial charge in [-0.2, -0.15) is 0 Å². The highest BCUT2D eigenvalue weighted by atomic mass is 35.5. The number of hydrogen-bond acceptors (Lipinski definition) is 3. The van der Waals surface area contributed by atoms with Gasteiger partial charge >= 0.3 is 5.97 Å². The smallest absolute Gasteiger partial charge is 0.345 e. The van der Waals surface area contributed by atoms with E-state index in [0.29, 0.717) is 17.2 Å². The molecule has 1 heterocycles. The summed E-state index contributed by atoms with van der Waals surface area (Å²) in [4.78, 5) is 12.5. The summed E-state index contributed by atoms with van der Waals surface area (Å²) in [6.07, 6.45) is 13.4. The summed E-state index contributed by atoms with van der Waals surface area (Å²) in [5, 5.41) is 19.4. The van der Waals surface area contributed by atoms with Crippen molar-refractivity contribution in [2.45, 2.75) is 76.2 Å². The first-order valence-corrected chi connectivity index (χ1v) is 11.1. The molecule has 3 nitrogen and oxygen atoms in total. The molecule has 0 bridgehead atoms. The van der Waals surface area contributed by atoms with Crippen LogP contribution in [-0.4, -0.2) is 27.7 Å². The van der Waals surface area contributed by atoms with Crippen LogP contribution in [0.2, 0.25) is 0 Å². The first-order valence-electron chi connectivity index (χ1n) is 9.82. The molecule has 0 radical (unpaired) electrons. The van der Waals surface area contributed by atoms with Gasteiger partial charge in [-0.05, 0) is 68.9 Å². The van der Waals surface area contributed by atoms with Gasteiger partial charge in [0.1, 0.15) is 4.88 Å². The molecule has 26 heavy (non-hydrogen) atoms. The third-order valence-electron chi connectivity index (χ3n) is 5.37. The molecule has 0 saturated heterocycles. The van der Waals surface area contributed by atoms with E-state index in [1.165, 1.54) is 24.2 Å². The van der Waals surface area contributed by atoms with E-state index in [9.17, 15) is 9.90 Å². The van der Waals surface area contributed by atoms with Gasteiger partial charge in [0, 0.05) is 10.3 Å². The first-order chi connectivity index (χ1) is 12.5. The van der Waals surface area contributed by atoms with E-state index in [1.807, 2.05) is 6.07 Å². The largest absolute Gasteiger partial charge is 0.477 e. The van der Waals surface area contributed by atoms with Gasteiger partial charge in [-0.3, -0.25) is 0 Å². The van der Waals surface area contributed by atoms with Crippen molar-refractivity contribution in [2.75, 3.05) is 0 Å². The number of carboxylic acids is 1. The SMILES string of the molecule is CCCC/C=C/CCC1C(CCCc2ccc(C(=O)O)s2)C(Cl)C[C@H]1O. The highest BCUT2D eigenvalue weighted by Gasteiger charge is 2.40. The van der Waals surface area contributed by atoms with E-state index >= 15 is 0 Å². The summed E-state index contributed by atoms with van der Waals surface area (Å²) in [6, 6.07) is 3.59. The second-order valence-corrected chi connectivity index (χ2v) is 9.03. The molecule has 2 rings (SSSR count). The zero-order valence-electron chi connectivity index (χ0n) is 15.6. The van der Waals surface area contributed by atoms with Crippen LogP contribution in [-0.2, 0) is 6.42 Å². The molecule has 1 fully saturated rings. The van der Waals surface area contributed by atoms with Crippen LogP contribution in [0, 0.1) is 11.8 Å². The average Bonchev–Trinajstić information content (AvgIpc) is 3.17. The Hall–Kier alpha value is -0.840. The summed E-state index contributed by atoms with van der Waals surface area (Å²) in [5.41, 5.74) is 0. The molecule has 146 valence electrons. The second kappa shape index (κ2) is 11.1. The van der Waals surface area contributed by atoms with Crippen LogP contribution in [0.4, 0.5) is 0 Å². The fourth-order valence-corrected chi connectivity index (χ4v) is 5.30. The molecular formula is C21H31ClO3S. The third kappa shape index (κ3) is 6.40. The maximum absolute atomic E-state index is 11.0. The van der Waals surface area contributed by atoms with E-state index < -0.39 is 5.97 Å². The number of aliphatic hydroxyl groups is 1. The van der Waals surface area contributed by atoms with Crippen molar-refractivity contribution in [2.24, 2.45) is 11.8 Å². The Bertz CT molecular complexity index is 584. The quantitative estimate of drug-likeness (QED) is 0.277. The van der Waals surface area contributed by atoms with Gasteiger partial charge in [0.25, 0.3) is 0 Å². The number of aliphatic hydroxyl groups excluding tert-OH is 1. The molecule has 0 aliphatic heterocycles. The number of rotatable bonds is 11. The molecule has 1 aliphatic rings. The lowest BCUT2D eigenvalue weighted by Crippen LogP contribution is -2.20. The summed E-state index contributed by atoms with van der Waals surface area (Å²) in [6.45, 7) is 2.20. The molecule has 1 aliphatic carbocycles.